The molecule has 31 heavy (non-hydrogen) atoms. The molecular formula is C20H20N4O5S2. The first kappa shape index (κ1) is 21.3. The molecule has 3 aromatic rings. The number of sulfonamides is 1. The van der Waals surface area contributed by atoms with Gasteiger partial charge in [-0.2, -0.15) is 13.5 Å². The van der Waals surface area contributed by atoms with Crippen molar-refractivity contribution in [3.63, 3.8) is 0 Å². The first-order chi connectivity index (χ1) is 14.8. The van der Waals surface area contributed by atoms with Crippen LogP contribution in [0.25, 0.3) is 11.0 Å². The van der Waals surface area contributed by atoms with E-state index in [4.69, 9.17) is 4.74 Å². The number of hydrogen-bond acceptors (Lipinski definition) is 8. The van der Waals surface area contributed by atoms with Gasteiger partial charge in [-0.3, -0.25) is 9.59 Å². The zero-order valence-corrected chi connectivity index (χ0v) is 18.3. The molecule has 4 rings (SSSR count). The minimum atomic E-state index is -4.04. The molecule has 1 aliphatic rings. The molecule has 1 unspecified atom stereocenters. The molecule has 1 amide bonds. The molecule has 1 atom stereocenters. The zero-order valence-electron chi connectivity index (χ0n) is 16.6. The van der Waals surface area contributed by atoms with Crippen LogP contribution < -0.4 is 4.72 Å². The number of fused-ring (bicyclic) bond motifs is 2. The second-order valence-corrected chi connectivity index (χ2v) is 9.38. The van der Waals surface area contributed by atoms with E-state index in [0.717, 1.165) is 23.7 Å². The fourth-order valence-electron chi connectivity index (χ4n) is 3.40. The van der Waals surface area contributed by atoms with E-state index < -0.39 is 28.6 Å². The number of hydrogen-bond donors (Lipinski definition) is 1. The standard InChI is InChI=1S/C20H20N4O5S2/c1-13(23-31(27,28)17-8-4-7-16-19(17)22-30-21-16)20(26)29-12-18(25)24-10-9-14-5-2-3-6-15(14)11-24/h2-8,13,23H,9-12H2,1H3. The number of benzene rings is 2. The highest BCUT2D eigenvalue weighted by Gasteiger charge is 2.27. The van der Waals surface area contributed by atoms with Crippen molar-refractivity contribution in [2.75, 3.05) is 13.2 Å². The van der Waals surface area contributed by atoms with Crippen molar-refractivity contribution in [1.29, 1.82) is 0 Å². The summed E-state index contributed by atoms with van der Waals surface area (Å²) in [6.07, 6.45) is 0.739. The number of aromatic nitrogens is 2. The predicted molar refractivity (Wildman–Crippen MR) is 114 cm³/mol. The summed E-state index contributed by atoms with van der Waals surface area (Å²) in [5.41, 5.74) is 2.97. The molecule has 0 fully saturated rings. The first-order valence-electron chi connectivity index (χ1n) is 9.60. The smallest absolute Gasteiger partial charge is 0.324 e. The maximum atomic E-state index is 12.7. The third-order valence-electron chi connectivity index (χ3n) is 5.05. The summed E-state index contributed by atoms with van der Waals surface area (Å²) < 4.78 is 40.8. The molecule has 2 aromatic carbocycles. The highest BCUT2D eigenvalue weighted by atomic mass is 32.2. The third kappa shape index (κ3) is 4.58. The minimum Gasteiger partial charge on any atom is -0.454 e. The van der Waals surface area contributed by atoms with Gasteiger partial charge in [-0.25, -0.2) is 8.42 Å². The monoisotopic (exact) mass is 460 g/mol. The van der Waals surface area contributed by atoms with E-state index in [1.807, 2.05) is 24.3 Å². The molecule has 0 bridgehead atoms. The molecule has 2 heterocycles. The van der Waals surface area contributed by atoms with Crippen molar-refractivity contribution >= 4 is 44.7 Å². The van der Waals surface area contributed by atoms with Gasteiger partial charge in [0.05, 0.1) is 11.7 Å². The van der Waals surface area contributed by atoms with Crippen molar-refractivity contribution in [2.45, 2.75) is 30.8 Å². The van der Waals surface area contributed by atoms with E-state index >= 15 is 0 Å². The Morgan fingerprint density at radius 1 is 1.16 bits per heavy atom. The van der Waals surface area contributed by atoms with E-state index in [1.165, 1.54) is 18.6 Å². The zero-order chi connectivity index (χ0) is 22.0. The van der Waals surface area contributed by atoms with Crippen LogP contribution >= 0.6 is 11.7 Å². The van der Waals surface area contributed by atoms with Gasteiger partial charge in [-0.1, -0.05) is 30.3 Å². The predicted octanol–water partition coefficient (Wildman–Crippen LogP) is 1.49. The summed E-state index contributed by atoms with van der Waals surface area (Å²) in [7, 11) is -4.04. The number of amides is 1. The summed E-state index contributed by atoms with van der Waals surface area (Å²) in [5, 5.41) is 0. The summed E-state index contributed by atoms with van der Waals surface area (Å²) in [6.45, 7) is 1.92. The Morgan fingerprint density at radius 3 is 2.74 bits per heavy atom. The summed E-state index contributed by atoms with van der Waals surface area (Å²) in [5.74, 6) is -1.16. The van der Waals surface area contributed by atoms with Gasteiger partial charge in [0.15, 0.2) is 6.61 Å². The maximum Gasteiger partial charge on any atom is 0.324 e. The molecule has 1 aromatic heterocycles. The number of carbonyl (C=O) groups is 2. The number of carbonyl (C=O) groups excluding carboxylic acids is 2. The Morgan fingerprint density at radius 2 is 1.94 bits per heavy atom. The maximum absolute atomic E-state index is 12.7. The number of esters is 1. The van der Waals surface area contributed by atoms with Gasteiger partial charge in [-0.15, -0.1) is 0 Å². The second kappa shape index (κ2) is 8.69. The van der Waals surface area contributed by atoms with E-state index in [-0.39, 0.29) is 16.3 Å². The number of ether oxygens (including phenoxy) is 1. The molecule has 1 aliphatic heterocycles. The number of nitrogens with zero attached hydrogens (tertiary/aromatic N) is 3. The van der Waals surface area contributed by atoms with Gasteiger partial charge in [0.25, 0.3) is 5.91 Å². The molecule has 162 valence electrons. The molecular weight excluding hydrogens is 440 g/mol. The van der Waals surface area contributed by atoms with E-state index in [1.54, 1.807) is 17.0 Å². The molecule has 0 radical (unpaired) electrons. The van der Waals surface area contributed by atoms with Gasteiger partial charge in [-0.05, 0) is 36.6 Å². The number of nitrogens with one attached hydrogen (secondary N) is 1. The Bertz CT molecular complexity index is 1240. The average molecular weight is 461 g/mol. The minimum absolute atomic E-state index is 0.0681. The Hall–Kier alpha value is -2.89. The van der Waals surface area contributed by atoms with Crippen LogP contribution in [0.4, 0.5) is 0 Å². The SMILES string of the molecule is CC(NS(=O)(=O)c1cccc2nsnc12)C(=O)OCC(=O)N1CCc2ccccc2C1. The summed E-state index contributed by atoms with van der Waals surface area (Å²) >= 11 is 0.903. The van der Waals surface area contributed by atoms with Crippen LogP contribution in [-0.2, 0) is 37.3 Å². The van der Waals surface area contributed by atoms with Crippen molar-refractivity contribution < 1.29 is 22.7 Å². The Balaban J connectivity index is 1.35. The van der Waals surface area contributed by atoms with Gasteiger partial charge >= 0.3 is 5.97 Å². The van der Waals surface area contributed by atoms with Crippen LogP contribution in [-0.4, -0.2) is 53.1 Å². The molecule has 0 aliphatic carbocycles. The number of rotatable bonds is 6. The van der Waals surface area contributed by atoms with Gasteiger partial charge < -0.3 is 9.64 Å². The van der Waals surface area contributed by atoms with Crippen molar-refractivity contribution in [3.05, 3.63) is 53.6 Å². The van der Waals surface area contributed by atoms with E-state index in [9.17, 15) is 18.0 Å². The normalized spacial score (nSPS) is 14.8. The molecule has 11 heteroatoms. The molecule has 1 N–H and O–H groups in total. The van der Waals surface area contributed by atoms with Crippen LogP contribution in [0.2, 0.25) is 0 Å². The van der Waals surface area contributed by atoms with Gasteiger partial charge in [0.2, 0.25) is 10.0 Å². The summed E-state index contributed by atoms with van der Waals surface area (Å²) in [4.78, 5) is 26.3. The lowest BCUT2D eigenvalue weighted by Gasteiger charge is -2.28. The lowest BCUT2D eigenvalue weighted by molar-refractivity contribution is -0.153. The Kier molecular flexibility index (Phi) is 5.99. The average Bonchev–Trinajstić information content (AvgIpc) is 3.25. The van der Waals surface area contributed by atoms with Crippen LogP contribution in [0.15, 0.2) is 47.4 Å². The first-order valence-corrected chi connectivity index (χ1v) is 11.8. The fourth-order valence-corrected chi connectivity index (χ4v) is 5.36. The summed E-state index contributed by atoms with van der Waals surface area (Å²) in [6, 6.07) is 11.3. The molecule has 0 spiro atoms. The van der Waals surface area contributed by atoms with Crippen molar-refractivity contribution in [3.8, 4) is 0 Å². The van der Waals surface area contributed by atoms with Crippen LogP contribution in [0.1, 0.15) is 18.1 Å². The highest BCUT2D eigenvalue weighted by Crippen LogP contribution is 2.21. The van der Waals surface area contributed by atoms with E-state index in [0.29, 0.717) is 18.6 Å². The second-order valence-electron chi connectivity index (χ2n) is 7.17. The largest absolute Gasteiger partial charge is 0.454 e. The lowest BCUT2D eigenvalue weighted by atomic mass is 10.00. The van der Waals surface area contributed by atoms with E-state index in [2.05, 4.69) is 13.5 Å². The quantitative estimate of drug-likeness (QED) is 0.554. The van der Waals surface area contributed by atoms with Crippen molar-refractivity contribution in [2.24, 2.45) is 0 Å². The molecule has 0 saturated carbocycles. The van der Waals surface area contributed by atoms with Gasteiger partial charge in [0.1, 0.15) is 22.0 Å². The van der Waals surface area contributed by atoms with Crippen LogP contribution in [0, 0.1) is 0 Å². The highest BCUT2D eigenvalue weighted by molar-refractivity contribution is 7.89. The third-order valence-corrected chi connectivity index (χ3v) is 7.16. The fraction of sp³-hybridized carbons (Fsp3) is 0.300. The van der Waals surface area contributed by atoms with Crippen LogP contribution in [0.3, 0.4) is 0 Å². The van der Waals surface area contributed by atoms with Crippen LogP contribution in [0.5, 0.6) is 0 Å². The van der Waals surface area contributed by atoms with Crippen molar-refractivity contribution in [1.82, 2.24) is 18.4 Å². The van der Waals surface area contributed by atoms with Gasteiger partial charge in [0, 0.05) is 13.1 Å². The lowest BCUT2D eigenvalue weighted by Crippen LogP contribution is -2.42. The topological polar surface area (TPSA) is 119 Å². The molecule has 0 saturated heterocycles. The molecule has 9 nitrogen and oxygen atoms in total. The Labute approximate surface area is 183 Å².